The van der Waals surface area contributed by atoms with Crippen LogP contribution in [0.3, 0.4) is 0 Å². The lowest BCUT2D eigenvalue weighted by Crippen LogP contribution is -2.52. The zero-order valence-electron chi connectivity index (χ0n) is 23.0. The average molecular weight is 561 g/mol. The lowest BCUT2D eigenvalue weighted by atomic mass is 9.95. The van der Waals surface area contributed by atoms with Gasteiger partial charge in [0.15, 0.2) is 0 Å². The number of imide groups is 1. The van der Waals surface area contributed by atoms with Gasteiger partial charge in [0, 0.05) is 62.8 Å². The van der Waals surface area contributed by atoms with Crippen LogP contribution in [-0.2, 0) is 22.7 Å². The van der Waals surface area contributed by atoms with Crippen LogP contribution in [0.15, 0.2) is 48.0 Å². The number of fused-ring (bicyclic) bond motifs is 1. The molecule has 0 aromatic heterocycles. The fourth-order valence-corrected chi connectivity index (χ4v) is 6.80. The third-order valence-electron chi connectivity index (χ3n) is 8.90. The van der Waals surface area contributed by atoms with Gasteiger partial charge in [-0.25, -0.2) is 0 Å². The Morgan fingerprint density at radius 2 is 1.55 bits per heavy atom. The zero-order chi connectivity index (χ0) is 27.6. The summed E-state index contributed by atoms with van der Waals surface area (Å²) in [6.07, 6.45) is 6.82. The zero-order valence-corrected chi connectivity index (χ0v) is 23.7. The molecule has 1 aliphatic carbocycles. The van der Waals surface area contributed by atoms with Crippen LogP contribution >= 0.6 is 11.6 Å². The van der Waals surface area contributed by atoms with Crippen LogP contribution in [0.4, 0.5) is 0 Å². The Morgan fingerprint density at radius 3 is 2.30 bits per heavy atom. The van der Waals surface area contributed by atoms with Crippen molar-refractivity contribution in [2.75, 3.05) is 32.7 Å². The Bertz CT molecular complexity index is 1330. The molecular formula is C32H37ClN4O3. The molecule has 4 aliphatic rings. The third kappa shape index (κ3) is 5.87. The van der Waals surface area contributed by atoms with Gasteiger partial charge in [-0.2, -0.15) is 0 Å². The second-order valence-electron chi connectivity index (χ2n) is 11.6. The third-order valence-corrected chi connectivity index (χ3v) is 9.15. The fraction of sp³-hybridized carbons (Fsp3) is 0.469. The second kappa shape index (κ2) is 11.9. The van der Waals surface area contributed by atoms with Crippen molar-refractivity contribution in [3.8, 4) is 0 Å². The Labute approximate surface area is 241 Å². The number of benzene rings is 2. The first-order valence-electron chi connectivity index (χ1n) is 14.6. The maximum atomic E-state index is 13.0. The van der Waals surface area contributed by atoms with Gasteiger partial charge in [0.1, 0.15) is 6.04 Å². The number of hydrogen-bond donors (Lipinski definition) is 1. The molecule has 7 nitrogen and oxygen atoms in total. The molecule has 3 heterocycles. The van der Waals surface area contributed by atoms with Crippen molar-refractivity contribution in [2.45, 2.75) is 64.1 Å². The van der Waals surface area contributed by atoms with Crippen molar-refractivity contribution in [1.82, 2.24) is 20.0 Å². The van der Waals surface area contributed by atoms with Gasteiger partial charge in [-0.3, -0.25) is 29.5 Å². The van der Waals surface area contributed by atoms with Gasteiger partial charge in [0.2, 0.25) is 11.8 Å². The number of allylic oxidation sites excluding steroid dienone is 1. The molecule has 2 aromatic rings. The molecule has 3 aliphatic heterocycles. The minimum Gasteiger partial charge on any atom is -0.322 e. The molecule has 2 aromatic carbocycles. The summed E-state index contributed by atoms with van der Waals surface area (Å²) < 4.78 is 0. The summed E-state index contributed by atoms with van der Waals surface area (Å²) >= 11 is 6.16. The molecular weight excluding hydrogens is 524 g/mol. The fourth-order valence-electron chi connectivity index (χ4n) is 6.68. The number of nitrogens with one attached hydrogen (secondary N) is 1. The van der Waals surface area contributed by atoms with Crippen LogP contribution in [0, 0.1) is 0 Å². The Morgan fingerprint density at radius 1 is 0.825 bits per heavy atom. The number of nitrogens with zero attached hydrogens (tertiary/aromatic N) is 3. The first kappa shape index (κ1) is 27.2. The van der Waals surface area contributed by atoms with E-state index >= 15 is 0 Å². The quantitative estimate of drug-likeness (QED) is 0.521. The lowest BCUT2D eigenvalue weighted by molar-refractivity contribution is -0.136. The van der Waals surface area contributed by atoms with E-state index in [0.29, 0.717) is 18.5 Å². The van der Waals surface area contributed by atoms with E-state index in [1.54, 1.807) is 10.5 Å². The minimum atomic E-state index is -0.571. The molecule has 1 N–H and O–H groups in total. The lowest BCUT2D eigenvalue weighted by Gasteiger charge is -2.35. The summed E-state index contributed by atoms with van der Waals surface area (Å²) in [5.74, 6) is -0.744. The van der Waals surface area contributed by atoms with E-state index < -0.39 is 6.04 Å². The maximum Gasteiger partial charge on any atom is 0.255 e. The van der Waals surface area contributed by atoms with Gasteiger partial charge in [-0.1, -0.05) is 47.9 Å². The SMILES string of the molecule is O=C1CCC(N2Cc3cc(CN4CCN(CC5=C(c6ccc(Cl)cc6)CCCCC5)CC4)ccc3C2=O)C(=O)N1. The number of rotatable bonds is 6. The highest BCUT2D eigenvalue weighted by molar-refractivity contribution is 6.30. The van der Waals surface area contributed by atoms with E-state index in [1.165, 1.54) is 42.4 Å². The Balaban J connectivity index is 1.06. The van der Waals surface area contributed by atoms with Gasteiger partial charge in [0.25, 0.3) is 5.91 Å². The number of carbonyl (C=O) groups is 3. The molecule has 0 spiro atoms. The van der Waals surface area contributed by atoms with E-state index in [4.69, 9.17) is 11.6 Å². The summed E-state index contributed by atoms with van der Waals surface area (Å²) in [6.45, 7) is 6.45. The van der Waals surface area contributed by atoms with Gasteiger partial charge in [-0.15, -0.1) is 0 Å². The van der Waals surface area contributed by atoms with Crippen molar-refractivity contribution in [3.05, 3.63) is 75.3 Å². The van der Waals surface area contributed by atoms with Gasteiger partial charge in [-0.05, 0) is 72.6 Å². The van der Waals surface area contributed by atoms with E-state index in [9.17, 15) is 14.4 Å². The molecule has 0 saturated carbocycles. The molecule has 40 heavy (non-hydrogen) atoms. The summed E-state index contributed by atoms with van der Waals surface area (Å²) in [6, 6.07) is 13.9. The maximum absolute atomic E-state index is 13.0. The van der Waals surface area contributed by atoms with Crippen molar-refractivity contribution in [2.24, 2.45) is 0 Å². The molecule has 210 valence electrons. The normalized spacial score (nSPS) is 22.9. The average Bonchev–Trinajstić information content (AvgIpc) is 3.10. The van der Waals surface area contributed by atoms with Crippen LogP contribution in [0.25, 0.3) is 5.57 Å². The van der Waals surface area contributed by atoms with E-state index in [-0.39, 0.29) is 24.1 Å². The van der Waals surface area contributed by atoms with Crippen LogP contribution in [0.5, 0.6) is 0 Å². The molecule has 0 radical (unpaired) electrons. The van der Waals surface area contributed by atoms with E-state index in [0.717, 1.165) is 56.3 Å². The number of amides is 3. The number of halogens is 1. The van der Waals surface area contributed by atoms with Crippen LogP contribution in [0.2, 0.25) is 5.02 Å². The Hall–Kier alpha value is -3.00. The van der Waals surface area contributed by atoms with Crippen LogP contribution < -0.4 is 5.32 Å². The highest BCUT2D eigenvalue weighted by atomic mass is 35.5. The topological polar surface area (TPSA) is 73.0 Å². The highest BCUT2D eigenvalue weighted by Gasteiger charge is 2.39. The highest BCUT2D eigenvalue weighted by Crippen LogP contribution is 2.33. The Kier molecular flexibility index (Phi) is 8.05. The van der Waals surface area contributed by atoms with Crippen molar-refractivity contribution in [3.63, 3.8) is 0 Å². The summed E-state index contributed by atoms with van der Waals surface area (Å²) in [7, 11) is 0. The largest absolute Gasteiger partial charge is 0.322 e. The standard InChI is InChI=1S/C32H37ClN4O3/c33-26-9-7-23(8-10-26)27-5-3-1-2-4-24(27)20-36-16-14-35(15-17-36)19-22-6-11-28-25(18-22)21-37(32(28)40)29-12-13-30(38)34-31(29)39/h6-11,18,29H,1-5,12-17,19-21H2,(H,34,38,39). The predicted octanol–water partition coefficient (Wildman–Crippen LogP) is 4.64. The molecule has 3 amide bonds. The van der Waals surface area contributed by atoms with E-state index in [1.807, 2.05) is 24.3 Å². The molecule has 8 heteroatoms. The summed E-state index contributed by atoms with van der Waals surface area (Å²) in [4.78, 5) is 43.6. The molecule has 1 unspecified atom stereocenters. The van der Waals surface area contributed by atoms with Gasteiger partial charge < -0.3 is 4.90 Å². The molecule has 2 saturated heterocycles. The number of carbonyl (C=O) groups excluding carboxylic acids is 3. The molecule has 0 bridgehead atoms. The van der Waals surface area contributed by atoms with Crippen molar-refractivity contribution >= 4 is 34.9 Å². The number of hydrogen-bond acceptors (Lipinski definition) is 5. The molecule has 2 fully saturated rings. The van der Waals surface area contributed by atoms with Crippen molar-refractivity contribution < 1.29 is 14.4 Å². The minimum absolute atomic E-state index is 0.115. The van der Waals surface area contributed by atoms with Crippen LogP contribution in [0.1, 0.15) is 72.0 Å². The first-order valence-corrected chi connectivity index (χ1v) is 15.0. The molecule has 1 atom stereocenters. The van der Waals surface area contributed by atoms with Gasteiger partial charge in [0.05, 0.1) is 0 Å². The smallest absolute Gasteiger partial charge is 0.255 e. The van der Waals surface area contributed by atoms with Gasteiger partial charge >= 0.3 is 0 Å². The van der Waals surface area contributed by atoms with Crippen LogP contribution in [-0.4, -0.2) is 71.2 Å². The summed E-state index contributed by atoms with van der Waals surface area (Å²) in [5, 5.41) is 3.16. The predicted molar refractivity (Wildman–Crippen MR) is 156 cm³/mol. The number of piperazine rings is 1. The number of piperidine rings is 1. The van der Waals surface area contributed by atoms with E-state index in [2.05, 4.69) is 33.3 Å². The van der Waals surface area contributed by atoms with Crippen molar-refractivity contribution in [1.29, 1.82) is 0 Å². The second-order valence-corrected chi connectivity index (χ2v) is 12.0. The summed E-state index contributed by atoms with van der Waals surface area (Å²) in [5.41, 5.74) is 7.29. The molecule has 6 rings (SSSR count). The monoisotopic (exact) mass is 560 g/mol. The first-order chi connectivity index (χ1) is 19.4.